The Bertz CT molecular complexity index is 1800. The number of nitrogens with zero attached hydrogens (tertiary/aromatic N) is 1. The second-order valence-electron chi connectivity index (χ2n) is 10.9. The van der Waals surface area contributed by atoms with E-state index in [-0.39, 0.29) is 22.6 Å². The van der Waals surface area contributed by atoms with Crippen molar-refractivity contribution in [3.63, 3.8) is 0 Å². The fourth-order valence-electron chi connectivity index (χ4n) is 4.98. The number of hydrogen-bond donors (Lipinski definition) is 0. The predicted octanol–water partition coefficient (Wildman–Crippen LogP) is 9.13. The van der Waals surface area contributed by atoms with Gasteiger partial charge in [-0.15, -0.1) is 0 Å². The Morgan fingerprint density at radius 1 is 0.755 bits per heavy atom. The van der Waals surface area contributed by atoms with Crippen LogP contribution in [-0.4, -0.2) is 26.4 Å². The predicted molar refractivity (Wildman–Crippen MR) is 158 cm³/mol. The molecule has 0 spiro atoms. The summed E-state index contributed by atoms with van der Waals surface area (Å²) < 4.78 is 144. The number of alkyl halides is 4. The minimum atomic E-state index is -4.23. The molecular weight excluding hydrogens is 666 g/mol. The Morgan fingerprint density at radius 2 is 1.41 bits per heavy atom. The molecule has 1 saturated heterocycles. The molecule has 0 aliphatic carbocycles. The Labute approximate surface area is 275 Å². The van der Waals surface area contributed by atoms with Crippen LogP contribution in [0.4, 0.5) is 35.1 Å². The van der Waals surface area contributed by atoms with Gasteiger partial charge in [0.1, 0.15) is 40.8 Å². The normalized spacial score (nSPS) is 16.7. The maximum Gasteiger partial charge on any atom is 0.429 e. The molecule has 1 heterocycles. The van der Waals surface area contributed by atoms with Crippen LogP contribution in [0.1, 0.15) is 41.9 Å². The lowest BCUT2D eigenvalue weighted by molar-refractivity contribution is -0.207. The lowest BCUT2D eigenvalue weighted by atomic mass is 10.0. The Morgan fingerprint density at radius 3 is 2.00 bits per heavy atom. The molecule has 1 aliphatic rings. The van der Waals surface area contributed by atoms with E-state index in [1.54, 1.807) is 6.07 Å². The SMILES string of the molecule is CCOCCC1COC(c2ccc(C(F)(F)Oc3ccc(C(F)(F)Oc4cc(F)c(-c5ccc(C#N)c(F)c5)c(F)c4)cc3)c(F)c2)OC1. The lowest BCUT2D eigenvalue weighted by Gasteiger charge is -2.30. The fraction of sp³-hybridized carbons (Fsp3) is 0.286. The van der Waals surface area contributed by atoms with Gasteiger partial charge in [-0.25, -0.2) is 17.6 Å². The van der Waals surface area contributed by atoms with Crippen molar-refractivity contribution in [3.05, 3.63) is 118 Å². The van der Waals surface area contributed by atoms with Crippen LogP contribution in [-0.2, 0) is 26.4 Å². The maximum atomic E-state index is 15.0. The maximum absolute atomic E-state index is 15.0. The van der Waals surface area contributed by atoms with Gasteiger partial charge in [0.15, 0.2) is 6.29 Å². The van der Waals surface area contributed by atoms with Gasteiger partial charge in [0, 0.05) is 36.8 Å². The minimum absolute atomic E-state index is 0.0642. The second kappa shape index (κ2) is 14.8. The van der Waals surface area contributed by atoms with Crippen LogP contribution in [0.15, 0.2) is 72.8 Å². The molecule has 0 aromatic heterocycles. The molecule has 0 saturated carbocycles. The summed E-state index contributed by atoms with van der Waals surface area (Å²) in [7, 11) is 0. The second-order valence-corrected chi connectivity index (χ2v) is 10.9. The van der Waals surface area contributed by atoms with E-state index in [0.29, 0.717) is 63.2 Å². The van der Waals surface area contributed by atoms with Crippen molar-refractivity contribution in [1.29, 1.82) is 5.26 Å². The molecule has 0 N–H and O–H groups in total. The first-order valence-corrected chi connectivity index (χ1v) is 14.9. The van der Waals surface area contributed by atoms with Crippen molar-refractivity contribution in [2.24, 2.45) is 5.92 Å². The van der Waals surface area contributed by atoms with E-state index in [9.17, 15) is 35.1 Å². The van der Waals surface area contributed by atoms with Gasteiger partial charge in [-0.3, -0.25) is 0 Å². The monoisotopic (exact) mass is 693 g/mol. The van der Waals surface area contributed by atoms with E-state index in [1.165, 1.54) is 6.07 Å². The topological polar surface area (TPSA) is 69.9 Å². The highest BCUT2D eigenvalue weighted by molar-refractivity contribution is 5.67. The van der Waals surface area contributed by atoms with Gasteiger partial charge in [0.2, 0.25) is 0 Å². The van der Waals surface area contributed by atoms with E-state index in [1.807, 2.05) is 6.92 Å². The minimum Gasteiger partial charge on any atom is -0.429 e. The molecule has 0 radical (unpaired) electrons. The number of ether oxygens (including phenoxy) is 5. The van der Waals surface area contributed by atoms with Crippen LogP contribution in [0.25, 0.3) is 11.1 Å². The highest BCUT2D eigenvalue weighted by Crippen LogP contribution is 2.39. The molecular formula is C35H27F8NO5. The van der Waals surface area contributed by atoms with Crippen LogP contribution < -0.4 is 9.47 Å². The first kappa shape index (κ1) is 35.6. The van der Waals surface area contributed by atoms with Gasteiger partial charge < -0.3 is 23.7 Å². The summed E-state index contributed by atoms with van der Waals surface area (Å²) in [5.41, 5.74) is -3.26. The van der Waals surface area contributed by atoms with Gasteiger partial charge >= 0.3 is 12.2 Å². The largest absolute Gasteiger partial charge is 0.429 e. The zero-order valence-electron chi connectivity index (χ0n) is 25.6. The standard InChI is InChI=1S/C35H27F8NO5/c1-2-45-12-11-20-18-46-33(47-19-20)22-5-10-27(29(37)14-22)35(42,43)48-25-8-6-24(7-9-25)34(40,41)49-26-15-30(38)32(31(39)16-26)21-3-4-23(17-44)28(36)13-21/h3-10,13-16,20,33H,2,11-12,18-19H2,1H3. The third kappa shape index (κ3) is 8.30. The number of rotatable bonds is 12. The molecule has 258 valence electrons. The summed E-state index contributed by atoms with van der Waals surface area (Å²) >= 11 is 0. The van der Waals surface area contributed by atoms with Crippen molar-refractivity contribution >= 4 is 0 Å². The van der Waals surface area contributed by atoms with Crippen molar-refractivity contribution in [2.75, 3.05) is 26.4 Å². The third-order valence-corrected chi connectivity index (χ3v) is 7.50. The first-order chi connectivity index (χ1) is 23.3. The summed E-state index contributed by atoms with van der Waals surface area (Å²) in [5.74, 6) is -6.56. The fourth-order valence-corrected chi connectivity index (χ4v) is 4.98. The molecule has 0 unspecified atom stereocenters. The molecule has 6 nitrogen and oxygen atoms in total. The van der Waals surface area contributed by atoms with E-state index >= 15 is 0 Å². The Kier molecular flexibility index (Phi) is 10.8. The van der Waals surface area contributed by atoms with Gasteiger partial charge in [0.05, 0.1) is 35.5 Å². The quantitative estimate of drug-likeness (QED) is 0.109. The average molecular weight is 694 g/mol. The zero-order valence-corrected chi connectivity index (χ0v) is 25.6. The number of halogens is 8. The zero-order chi connectivity index (χ0) is 35.3. The van der Waals surface area contributed by atoms with Crippen molar-refractivity contribution < 1.29 is 58.8 Å². The smallest absolute Gasteiger partial charge is 0.429 e. The molecule has 49 heavy (non-hydrogen) atoms. The Balaban J connectivity index is 1.23. The molecule has 14 heteroatoms. The summed E-state index contributed by atoms with van der Waals surface area (Å²) in [6, 6.07) is 10.9. The highest BCUT2D eigenvalue weighted by Gasteiger charge is 2.39. The third-order valence-electron chi connectivity index (χ3n) is 7.50. The van der Waals surface area contributed by atoms with Crippen LogP contribution in [0, 0.1) is 40.5 Å². The van der Waals surface area contributed by atoms with Gasteiger partial charge in [-0.1, -0.05) is 12.1 Å². The van der Waals surface area contributed by atoms with Crippen molar-refractivity contribution in [2.45, 2.75) is 31.9 Å². The summed E-state index contributed by atoms with van der Waals surface area (Å²) in [4.78, 5) is 0. The summed E-state index contributed by atoms with van der Waals surface area (Å²) in [6.45, 7) is 3.59. The molecule has 1 fully saturated rings. The summed E-state index contributed by atoms with van der Waals surface area (Å²) in [5, 5.41) is 8.83. The number of benzene rings is 4. The van der Waals surface area contributed by atoms with Crippen LogP contribution in [0.5, 0.6) is 11.5 Å². The molecule has 5 rings (SSSR count). The highest BCUT2D eigenvalue weighted by atomic mass is 19.3. The van der Waals surface area contributed by atoms with Crippen LogP contribution in [0.2, 0.25) is 0 Å². The van der Waals surface area contributed by atoms with E-state index in [4.69, 9.17) is 19.5 Å². The molecule has 4 aromatic carbocycles. The molecule has 0 bridgehead atoms. The van der Waals surface area contributed by atoms with E-state index in [2.05, 4.69) is 9.47 Å². The van der Waals surface area contributed by atoms with E-state index in [0.717, 1.165) is 36.4 Å². The molecule has 0 amide bonds. The molecule has 4 aromatic rings. The van der Waals surface area contributed by atoms with Gasteiger partial charge in [-0.05, 0) is 67.4 Å². The average Bonchev–Trinajstić information content (AvgIpc) is 3.05. The first-order valence-electron chi connectivity index (χ1n) is 14.9. The number of nitriles is 1. The summed E-state index contributed by atoms with van der Waals surface area (Å²) in [6.07, 6.45) is -8.70. The van der Waals surface area contributed by atoms with Crippen LogP contribution >= 0.6 is 0 Å². The van der Waals surface area contributed by atoms with E-state index < -0.39 is 70.0 Å². The van der Waals surface area contributed by atoms with Crippen LogP contribution in [0.3, 0.4) is 0 Å². The van der Waals surface area contributed by atoms with Gasteiger partial charge in [0.25, 0.3) is 0 Å². The number of hydrogen-bond acceptors (Lipinski definition) is 6. The lowest BCUT2D eigenvalue weighted by Crippen LogP contribution is -2.28. The van der Waals surface area contributed by atoms with Crippen molar-refractivity contribution in [3.8, 4) is 28.7 Å². The van der Waals surface area contributed by atoms with Crippen molar-refractivity contribution in [1.82, 2.24) is 0 Å². The Hall–Kier alpha value is -4.71. The van der Waals surface area contributed by atoms with Gasteiger partial charge in [-0.2, -0.15) is 22.8 Å². The molecule has 1 aliphatic heterocycles. The molecule has 0 atom stereocenters.